The van der Waals surface area contributed by atoms with Crippen LogP contribution in [0, 0.1) is 5.92 Å². The van der Waals surface area contributed by atoms with Crippen molar-refractivity contribution in [2.75, 3.05) is 26.4 Å². The van der Waals surface area contributed by atoms with E-state index >= 15 is 0 Å². The fraction of sp³-hybridized carbons (Fsp3) is 0.617. The van der Waals surface area contributed by atoms with Crippen LogP contribution in [0.1, 0.15) is 172 Å². The molecule has 3 rings (SSSR count). The average molecular weight is 779 g/mol. The molecule has 9 nitrogen and oxygen atoms in total. The predicted molar refractivity (Wildman–Crippen MR) is 222 cm³/mol. The van der Waals surface area contributed by atoms with Gasteiger partial charge in [-0.25, -0.2) is 9.59 Å². The van der Waals surface area contributed by atoms with E-state index in [-0.39, 0.29) is 23.9 Å². The molecule has 1 aliphatic rings. The van der Waals surface area contributed by atoms with E-state index in [2.05, 4.69) is 32.6 Å². The van der Waals surface area contributed by atoms with Crippen molar-refractivity contribution in [2.45, 2.75) is 156 Å². The zero-order chi connectivity index (χ0) is 40.8. The lowest BCUT2D eigenvalue weighted by molar-refractivity contribution is -0.144. The Balaban J connectivity index is 0.000000416. The second kappa shape index (κ2) is 30.1. The molecular weight excluding hydrogens is 709 g/mol. The summed E-state index contributed by atoms with van der Waals surface area (Å²) in [4.78, 5) is 46.2. The zero-order valence-electron chi connectivity index (χ0n) is 34.9. The van der Waals surface area contributed by atoms with Crippen molar-refractivity contribution in [3.8, 4) is 11.5 Å². The first-order valence-corrected chi connectivity index (χ1v) is 21.4. The van der Waals surface area contributed by atoms with Crippen LogP contribution in [0.4, 0.5) is 0 Å². The lowest BCUT2D eigenvalue weighted by Gasteiger charge is -2.29. The van der Waals surface area contributed by atoms with Crippen molar-refractivity contribution in [2.24, 2.45) is 5.92 Å². The van der Waals surface area contributed by atoms with E-state index in [0.29, 0.717) is 81.1 Å². The van der Waals surface area contributed by atoms with Gasteiger partial charge in [0.15, 0.2) is 0 Å². The number of rotatable bonds is 26. The monoisotopic (exact) mass is 779 g/mol. The summed E-state index contributed by atoms with van der Waals surface area (Å²) in [6, 6.07) is 15.4. The molecule has 0 aliphatic heterocycles. The third kappa shape index (κ3) is 21.8. The molecule has 56 heavy (non-hydrogen) atoms. The van der Waals surface area contributed by atoms with Crippen LogP contribution in [-0.4, -0.2) is 50.3 Å². The van der Waals surface area contributed by atoms with Gasteiger partial charge in [-0.3, -0.25) is 9.59 Å². The molecule has 1 aliphatic carbocycles. The van der Waals surface area contributed by atoms with Gasteiger partial charge in [-0.2, -0.15) is 0 Å². The predicted octanol–water partition coefficient (Wildman–Crippen LogP) is 11.7. The third-order valence-electron chi connectivity index (χ3n) is 9.93. The molecule has 9 heteroatoms. The van der Waals surface area contributed by atoms with E-state index in [1.54, 1.807) is 26.0 Å². The maximum absolute atomic E-state index is 12.5. The molecule has 0 aromatic heterocycles. The van der Waals surface area contributed by atoms with E-state index in [1.165, 1.54) is 76.2 Å². The summed E-state index contributed by atoms with van der Waals surface area (Å²) in [7, 11) is 0. The lowest BCUT2D eigenvalue weighted by Crippen LogP contribution is -2.13. The van der Waals surface area contributed by atoms with Gasteiger partial charge >= 0.3 is 23.9 Å². The molecule has 2 aromatic carbocycles. The average Bonchev–Trinajstić information content (AvgIpc) is 3.20. The summed E-state index contributed by atoms with van der Waals surface area (Å²) < 4.78 is 26.2. The molecule has 0 unspecified atom stereocenters. The van der Waals surface area contributed by atoms with Crippen molar-refractivity contribution < 1.29 is 42.9 Å². The van der Waals surface area contributed by atoms with E-state index in [0.717, 1.165) is 31.1 Å². The highest BCUT2D eigenvalue weighted by molar-refractivity contribution is 5.91. The Morgan fingerprint density at radius 3 is 1.80 bits per heavy atom. The minimum atomic E-state index is -0.382. The standard InChI is InChI=1S/C30H42O3.C17H28O6/c1-3-5-7-9-23-32-28-19-17-27(18-20-28)30(31)33-29-21-15-26(16-22-29)25-13-11-24(12-14-25)10-8-6-4-2;1-4-21-15(18)11-7-9-12-22-16(19)10-6-5-8-13-23-17(20)14(2)3/h15-22,24-25H,3-14,23H2,1-2H3;2,4-13H2,1,3H3. The number of carbonyl (C=O) groups excluding carboxylic acids is 4. The third-order valence-corrected chi connectivity index (χ3v) is 9.93. The maximum Gasteiger partial charge on any atom is 0.343 e. The Hall–Kier alpha value is -4.14. The molecule has 2 aromatic rings. The van der Waals surface area contributed by atoms with Gasteiger partial charge in [0.2, 0.25) is 0 Å². The van der Waals surface area contributed by atoms with Gasteiger partial charge in [-0.15, -0.1) is 0 Å². The van der Waals surface area contributed by atoms with Crippen molar-refractivity contribution >= 4 is 23.9 Å². The quantitative estimate of drug-likeness (QED) is 0.0303. The molecule has 0 spiro atoms. The molecule has 0 heterocycles. The van der Waals surface area contributed by atoms with E-state index in [1.807, 2.05) is 24.3 Å². The van der Waals surface area contributed by atoms with Crippen LogP contribution in [0.5, 0.6) is 11.5 Å². The van der Waals surface area contributed by atoms with Crippen molar-refractivity contribution in [1.29, 1.82) is 0 Å². The zero-order valence-corrected chi connectivity index (χ0v) is 34.9. The van der Waals surface area contributed by atoms with Gasteiger partial charge in [-0.05, 0) is 132 Å². The fourth-order valence-corrected chi connectivity index (χ4v) is 6.55. The molecule has 0 bridgehead atoms. The van der Waals surface area contributed by atoms with Crippen molar-refractivity contribution in [3.63, 3.8) is 0 Å². The Morgan fingerprint density at radius 1 is 0.607 bits per heavy atom. The molecule has 0 N–H and O–H groups in total. The number of hydrogen-bond acceptors (Lipinski definition) is 9. The molecule has 1 saturated carbocycles. The van der Waals surface area contributed by atoms with Gasteiger partial charge < -0.3 is 23.7 Å². The van der Waals surface area contributed by atoms with Gasteiger partial charge in [0, 0.05) is 18.4 Å². The molecule has 1 fully saturated rings. The summed E-state index contributed by atoms with van der Waals surface area (Å²) in [5.41, 5.74) is 2.30. The molecular formula is C47H70O9. The van der Waals surface area contributed by atoms with Crippen LogP contribution >= 0.6 is 0 Å². The van der Waals surface area contributed by atoms with Gasteiger partial charge in [-0.1, -0.05) is 77.5 Å². The second-order valence-electron chi connectivity index (χ2n) is 14.8. The Labute approximate surface area is 337 Å². The summed E-state index contributed by atoms with van der Waals surface area (Å²) in [5, 5.41) is 0. The minimum absolute atomic E-state index is 0.217. The molecule has 0 radical (unpaired) electrons. The smallest absolute Gasteiger partial charge is 0.343 e. The summed E-state index contributed by atoms with van der Waals surface area (Å²) >= 11 is 0. The highest BCUT2D eigenvalue weighted by atomic mass is 16.5. The van der Waals surface area contributed by atoms with E-state index < -0.39 is 0 Å². The number of ether oxygens (including phenoxy) is 5. The summed E-state index contributed by atoms with van der Waals surface area (Å²) in [6.45, 7) is 13.1. The van der Waals surface area contributed by atoms with Crippen LogP contribution in [0.2, 0.25) is 0 Å². The van der Waals surface area contributed by atoms with Crippen LogP contribution in [0.3, 0.4) is 0 Å². The van der Waals surface area contributed by atoms with Gasteiger partial charge in [0.1, 0.15) is 11.5 Å². The highest BCUT2D eigenvalue weighted by Crippen LogP contribution is 2.38. The van der Waals surface area contributed by atoms with Crippen LogP contribution in [0.25, 0.3) is 0 Å². The first kappa shape index (κ1) is 48.0. The number of carbonyl (C=O) groups is 4. The normalized spacial score (nSPS) is 14.8. The Morgan fingerprint density at radius 2 is 1.16 bits per heavy atom. The van der Waals surface area contributed by atoms with Crippen molar-refractivity contribution in [3.05, 3.63) is 71.8 Å². The van der Waals surface area contributed by atoms with E-state index in [9.17, 15) is 19.2 Å². The minimum Gasteiger partial charge on any atom is -0.494 e. The van der Waals surface area contributed by atoms with Crippen molar-refractivity contribution in [1.82, 2.24) is 0 Å². The number of unbranched alkanes of at least 4 members (excludes halogenated alkanes) is 8. The SMILES string of the molecule is C=C(C)C(=O)OCCCCCC(=O)OCCCCC(=O)OCC.CCCCCCOc1ccc(C(=O)Oc2ccc(C3CCC(CCCCC)CC3)cc2)cc1. The Kier molecular flexibility index (Phi) is 25.8. The van der Waals surface area contributed by atoms with Crippen LogP contribution in [-0.2, 0) is 28.6 Å². The summed E-state index contributed by atoms with van der Waals surface area (Å²) in [6.07, 6.45) is 19.7. The van der Waals surface area contributed by atoms with Gasteiger partial charge in [0.25, 0.3) is 0 Å². The largest absolute Gasteiger partial charge is 0.494 e. The summed E-state index contributed by atoms with van der Waals surface area (Å²) in [5.74, 6) is 1.81. The number of benzene rings is 2. The van der Waals surface area contributed by atoms with Gasteiger partial charge in [0.05, 0.1) is 32.0 Å². The second-order valence-corrected chi connectivity index (χ2v) is 14.8. The molecule has 0 atom stereocenters. The van der Waals surface area contributed by atoms with E-state index in [4.69, 9.17) is 23.7 Å². The maximum atomic E-state index is 12.5. The first-order chi connectivity index (χ1) is 27.2. The number of hydrogen-bond donors (Lipinski definition) is 0. The molecule has 0 amide bonds. The fourth-order valence-electron chi connectivity index (χ4n) is 6.55. The molecule has 0 saturated heterocycles. The highest BCUT2D eigenvalue weighted by Gasteiger charge is 2.22. The first-order valence-electron chi connectivity index (χ1n) is 21.4. The van der Waals surface area contributed by atoms with Crippen LogP contribution in [0.15, 0.2) is 60.7 Å². The topological polar surface area (TPSA) is 114 Å². The Bertz CT molecular complexity index is 1390. The number of esters is 4. The molecule has 312 valence electrons. The van der Waals surface area contributed by atoms with Crippen LogP contribution < -0.4 is 9.47 Å². The lowest BCUT2D eigenvalue weighted by atomic mass is 9.77.